The van der Waals surface area contributed by atoms with Crippen LogP contribution < -0.4 is 10.1 Å². The van der Waals surface area contributed by atoms with E-state index in [4.69, 9.17) is 4.74 Å². The summed E-state index contributed by atoms with van der Waals surface area (Å²) in [5.74, 6) is 0.509. The standard InChI is InChI=1S/C20H25N3O3/c1-4-19(24)23(14-17-5-7-18(26-3)8-6-17)15(2)20(25)22-13-16-9-11-21-12-10-16/h5-12,15H,4,13-14H2,1-3H3,(H,22,25)/t15-/m1/s1. The molecule has 6 heteroatoms. The molecule has 0 bridgehead atoms. The van der Waals surface area contributed by atoms with Crippen molar-refractivity contribution in [1.29, 1.82) is 0 Å². The Labute approximate surface area is 154 Å². The summed E-state index contributed by atoms with van der Waals surface area (Å²) in [6.07, 6.45) is 3.71. The third-order valence-corrected chi connectivity index (χ3v) is 4.20. The van der Waals surface area contributed by atoms with E-state index in [0.29, 0.717) is 19.5 Å². The zero-order valence-electron chi connectivity index (χ0n) is 15.4. The molecular formula is C20H25N3O3. The third kappa shape index (κ3) is 5.31. The van der Waals surface area contributed by atoms with Gasteiger partial charge < -0.3 is 15.0 Å². The summed E-state index contributed by atoms with van der Waals surface area (Å²) < 4.78 is 5.15. The maximum absolute atomic E-state index is 12.5. The summed E-state index contributed by atoms with van der Waals surface area (Å²) in [6, 6.07) is 10.6. The lowest BCUT2D eigenvalue weighted by molar-refractivity contribution is -0.140. The van der Waals surface area contributed by atoms with Crippen LogP contribution in [-0.4, -0.2) is 34.8 Å². The number of hydrogen-bond acceptors (Lipinski definition) is 4. The molecule has 0 spiro atoms. The Morgan fingerprint density at radius 2 is 1.77 bits per heavy atom. The Hall–Kier alpha value is -2.89. The van der Waals surface area contributed by atoms with Crippen LogP contribution in [-0.2, 0) is 22.7 Å². The number of ether oxygens (including phenoxy) is 1. The minimum absolute atomic E-state index is 0.0626. The molecule has 1 aromatic heterocycles. The van der Waals surface area contributed by atoms with Gasteiger partial charge in [-0.1, -0.05) is 19.1 Å². The van der Waals surface area contributed by atoms with Crippen LogP contribution in [0.1, 0.15) is 31.4 Å². The molecule has 26 heavy (non-hydrogen) atoms. The number of aromatic nitrogens is 1. The van der Waals surface area contributed by atoms with Crippen LogP contribution >= 0.6 is 0 Å². The average molecular weight is 355 g/mol. The van der Waals surface area contributed by atoms with E-state index < -0.39 is 6.04 Å². The summed E-state index contributed by atoms with van der Waals surface area (Å²) in [5.41, 5.74) is 1.91. The number of benzene rings is 1. The van der Waals surface area contributed by atoms with Gasteiger partial charge in [0.15, 0.2) is 0 Å². The van der Waals surface area contributed by atoms with Gasteiger partial charge in [0.25, 0.3) is 0 Å². The number of pyridine rings is 1. The summed E-state index contributed by atoms with van der Waals surface area (Å²) in [4.78, 5) is 30.5. The largest absolute Gasteiger partial charge is 0.497 e. The third-order valence-electron chi connectivity index (χ3n) is 4.20. The first kappa shape index (κ1) is 19.4. The van der Waals surface area contributed by atoms with Gasteiger partial charge in [0.2, 0.25) is 11.8 Å². The van der Waals surface area contributed by atoms with E-state index in [-0.39, 0.29) is 11.8 Å². The predicted octanol–water partition coefficient (Wildman–Crippen LogP) is 2.53. The number of hydrogen-bond donors (Lipinski definition) is 1. The van der Waals surface area contributed by atoms with Crippen LogP contribution in [0.5, 0.6) is 5.75 Å². The van der Waals surface area contributed by atoms with Gasteiger partial charge in [-0.25, -0.2) is 0 Å². The monoisotopic (exact) mass is 355 g/mol. The molecule has 2 amide bonds. The molecular weight excluding hydrogens is 330 g/mol. The molecule has 0 aliphatic carbocycles. The zero-order chi connectivity index (χ0) is 18.9. The van der Waals surface area contributed by atoms with E-state index in [9.17, 15) is 9.59 Å². The van der Waals surface area contributed by atoms with Crippen LogP contribution in [0.15, 0.2) is 48.8 Å². The fourth-order valence-electron chi connectivity index (χ4n) is 2.55. The van der Waals surface area contributed by atoms with E-state index in [1.807, 2.05) is 36.4 Å². The van der Waals surface area contributed by atoms with Crippen LogP contribution in [0, 0.1) is 0 Å². The lowest BCUT2D eigenvalue weighted by Crippen LogP contribution is -2.47. The van der Waals surface area contributed by atoms with Crippen molar-refractivity contribution in [2.45, 2.75) is 39.4 Å². The molecule has 0 unspecified atom stereocenters. The molecule has 0 radical (unpaired) electrons. The van der Waals surface area contributed by atoms with Crippen molar-refractivity contribution in [3.8, 4) is 5.75 Å². The Kier molecular flexibility index (Phi) is 7.14. The first-order valence-corrected chi connectivity index (χ1v) is 8.64. The number of nitrogens with zero attached hydrogens (tertiary/aromatic N) is 2. The van der Waals surface area contributed by atoms with Crippen molar-refractivity contribution in [3.63, 3.8) is 0 Å². The second kappa shape index (κ2) is 9.56. The highest BCUT2D eigenvalue weighted by molar-refractivity contribution is 5.87. The fourth-order valence-corrected chi connectivity index (χ4v) is 2.55. The highest BCUT2D eigenvalue weighted by Crippen LogP contribution is 2.15. The first-order valence-electron chi connectivity index (χ1n) is 8.64. The molecule has 0 aliphatic rings. The molecule has 6 nitrogen and oxygen atoms in total. The maximum Gasteiger partial charge on any atom is 0.242 e. The molecule has 1 atom stereocenters. The lowest BCUT2D eigenvalue weighted by Gasteiger charge is -2.28. The van der Waals surface area contributed by atoms with Crippen LogP contribution in [0.3, 0.4) is 0 Å². The van der Waals surface area contributed by atoms with E-state index >= 15 is 0 Å². The highest BCUT2D eigenvalue weighted by Gasteiger charge is 2.24. The molecule has 1 heterocycles. The summed E-state index contributed by atoms with van der Waals surface area (Å²) in [5, 5.41) is 2.88. The predicted molar refractivity (Wildman–Crippen MR) is 99.4 cm³/mol. The molecule has 2 aromatic rings. The zero-order valence-corrected chi connectivity index (χ0v) is 15.4. The fraction of sp³-hybridized carbons (Fsp3) is 0.350. The number of nitrogens with one attached hydrogen (secondary N) is 1. The lowest BCUT2D eigenvalue weighted by atomic mass is 10.1. The Morgan fingerprint density at radius 1 is 1.12 bits per heavy atom. The normalized spacial score (nSPS) is 11.5. The minimum atomic E-state index is -0.564. The van der Waals surface area contributed by atoms with Gasteiger partial charge in [0.05, 0.1) is 7.11 Å². The molecule has 2 rings (SSSR count). The van der Waals surface area contributed by atoms with Crippen LogP contribution in [0.2, 0.25) is 0 Å². The Bertz CT molecular complexity index is 717. The second-order valence-corrected chi connectivity index (χ2v) is 5.97. The van der Waals surface area contributed by atoms with E-state index in [1.165, 1.54) is 0 Å². The van der Waals surface area contributed by atoms with Crippen molar-refractivity contribution in [2.75, 3.05) is 7.11 Å². The quantitative estimate of drug-likeness (QED) is 0.790. The molecule has 138 valence electrons. The number of rotatable bonds is 8. The molecule has 0 aliphatic heterocycles. The van der Waals surface area contributed by atoms with E-state index in [0.717, 1.165) is 16.9 Å². The van der Waals surface area contributed by atoms with Gasteiger partial charge in [-0.2, -0.15) is 0 Å². The van der Waals surface area contributed by atoms with Gasteiger partial charge in [-0.15, -0.1) is 0 Å². The van der Waals surface area contributed by atoms with Crippen LogP contribution in [0.4, 0.5) is 0 Å². The maximum atomic E-state index is 12.5. The SMILES string of the molecule is CCC(=O)N(Cc1ccc(OC)cc1)[C@H](C)C(=O)NCc1ccncc1. The van der Waals surface area contributed by atoms with E-state index in [2.05, 4.69) is 10.3 Å². The average Bonchev–Trinajstić information content (AvgIpc) is 2.70. The molecule has 1 aromatic carbocycles. The van der Waals surface area contributed by atoms with Gasteiger partial charge in [0, 0.05) is 31.9 Å². The van der Waals surface area contributed by atoms with Crippen molar-refractivity contribution in [3.05, 3.63) is 59.9 Å². The number of amides is 2. The van der Waals surface area contributed by atoms with Crippen molar-refractivity contribution in [1.82, 2.24) is 15.2 Å². The van der Waals surface area contributed by atoms with E-state index in [1.54, 1.807) is 38.3 Å². The molecule has 1 N–H and O–H groups in total. The van der Waals surface area contributed by atoms with Gasteiger partial charge in [0.1, 0.15) is 11.8 Å². The van der Waals surface area contributed by atoms with Gasteiger partial charge in [-0.05, 0) is 42.3 Å². The first-order chi connectivity index (χ1) is 12.5. The Morgan fingerprint density at radius 3 is 2.35 bits per heavy atom. The number of carbonyl (C=O) groups excluding carboxylic acids is 2. The minimum Gasteiger partial charge on any atom is -0.497 e. The van der Waals surface area contributed by atoms with Gasteiger partial charge >= 0.3 is 0 Å². The number of carbonyl (C=O) groups is 2. The van der Waals surface area contributed by atoms with Crippen molar-refractivity contribution >= 4 is 11.8 Å². The van der Waals surface area contributed by atoms with Crippen LogP contribution in [0.25, 0.3) is 0 Å². The summed E-state index contributed by atoms with van der Waals surface area (Å²) in [6.45, 7) is 4.33. The van der Waals surface area contributed by atoms with Gasteiger partial charge in [-0.3, -0.25) is 14.6 Å². The topological polar surface area (TPSA) is 71.5 Å². The van der Waals surface area contributed by atoms with Crippen molar-refractivity contribution < 1.29 is 14.3 Å². The molecule has 0 fully saturated rings. The summed E-state index contributed by atoms with van der Waals surface area (Å²) >= 11 is 0. The molecule has 0 saturated carbocycles. The summed E-state index contributed by atoms with van der Waals surface area (Å²) in [7, 11) is 1.61. The second-order valence-electron chi connectivity index (χ2n) is 5.97. The smallest absolute Gasteiger partial charge is 0.242 e. The Balaban J connectivity index is 2.04. The highest BCUT2D eigenvalue weighted by atomic mass is 16.5. The molecule has 0 saturated heterocycles. The van der Waals surface area contributed by atoms with Crippen molar-refractivity contribution in [2.24, 2.45) is 0 Å². The number of methoxy groups -OCH3 is 1.